The Balaban J connectivity index is 1.95. The molecular formula is C18H20FNO5. The van der Waals surface area contributed by atoms with Crippen LogP contribution in [0.5, 0.6) is 5.75 Å². The summed E-state index contributed by atoms with van der Waals surface area (Å²) in [4.78, 5) is 26.9. The molecule has 134 valence electrons. The van der Waals surface area contributed by atoms with Crippen LogP contribution in [0.25, 0.3) is 0 Å². The largest absolute Gasteiger partial charge is 0.487 e. The van der Waals surface area contributed by atoms with Crippen molar-refractivity contribution in [2.75, 3.05) is 19.8 Å². The van der Waals surface area contributed by atoms with Crippen molar-refractivity contribution in [3.8, 4) is 5.75 Å². The van der Waals surface area contributed by atoms with Crippen molar-refractivity contribution < 1.29 is 28.2 Å². The van der Waals surface area contributed by atoms with E-state index in [9.17, 15) is 14.0 Å². The second kappa shape index (κ2) is 8.32. The van der Waals surface area contributed by atoms with Crippen molar-refractivity contribution in [1.29, 1.82) is 0 Å². The zero-order valence-electron chi connectivity index (χ0n) is 14.3. The maximum absolute atomic E-state index is 13.4. The smallest absolute Gasteiger partial charge is 0.355 e. The van der Waals surface area contributed by atoms with Crippen molar-refractivity contribution in [2.24, 2.45) is 0 Å². The monoisotopic (exact) mass is 349 g/mol. The molecule has 0 unspecified atom stereocenters. The van der Waals surface area contributed by atoms with Gasteiger partial charge in [-0.25, -0.2) is 14.0 Å². The first kappa shape index (κ1) is 18.5. The van der Waals surface area contributed by atoms with Gasteiger partial charge in [-0.1, -0.05) is 12.1 Å². The second-order valence-electron chi connectivity index (χ2n) is 5.26. The summed E-state index contributed by atoms with van der Waals surface area (Å²) in [5.74, 6) is -1.49. The fraction of sp³-hybridized carbons (Fsp3) is 0.333. The standard InChI is InChI=1S/C18H20FNO5/c1-4-23-18(22)16-11(2)15(12(3)20-16)17(21)25-10-9-24-14-8-6-5-7-13(14)19/h5-8,20H,4,9-10H2,1-3H3. The number of aryl methyl sites for hydroxylation is 1. The molecule has 7 heteroatoms. The molecule has 1 aromatic carbocycles. The second-order valence-corrected chi connectivity index (χ2v) is 5.26. The topological polar surface area (TPSA) is 77.6 Å². The van der Waals surface area contributed by atoms with E-state index in [-0.39, 0.29) is 36.8 Å². The summed E-state index contributed by atoms with van der Waals surface area (Å²) in [5, 5.41) is 0. The lowest BCUT2D eigenvalue weighted by molar-refractivity contribution is 0.0447. The molecule has 0 saturated carbocycles. The highest BCUT2D eigenvalue weighted by Gasteiger charge is 2.23. The number of nitrogens with one attached hydrogen (secondary N) is 1. The van der Waals surface area contributed by atoms with Crippen LogP contribution in [0.2, 0.25) is 0 Å². The van der Waals surface area contributed by atoms with E-state index >= 15 is 0 Å². The number of benzene rings is 1. The summed E-state index contributed by atoms with van der Waals surface area (Å²) in [7, 11) is 0. The Morgan fingerprint density at radius 1 is 1.08 bits per heavy atom. The predicted molar refractivity (Wildman–Crippen MR) is 88.4 cm³/mol. The van der Waals surface area contributed by atoms with Gasteiger partial charge in [0.25, 0.3) is 0 Å². The number of para-hydroxylation sites is 1. The summed E-state index contributed by atoms with van der Waals surface area (Å²) in [6, 6.07) is 5.97. The zero-order chi connectivity index (χ0) is 18.4. The van der Waals surface area contributed by atoms with Gasteiger partial charge in [0.15, 0.2) is 11.6 Å². The Hall–Kier alpha value is -2.83. The Kier molecular flexibility index (Phi) is 6.16. The van der Waals surface area contributed by atoms with Crippen LogP contribution in [0.3, 0.4) is 0 Å². The number of aromatic amines is 1. The summed E-state index contributed by atoms with van der Waals surface area (Å²) in [6.07, 6.45) is 0. The summed E-state index contributed by atoms with van der Waals surface area (Å²) >= 11 is 0. The number of rotatable bonds is 7. The van der Waals surface area contributed by atoms with E-state index in [4.69, 9.17) is 14.2 Å². The van der Waals surface area contributed by atoms with Crippen LogP contribution in [-0.2, 0) is 9.47 Å². The first-order chi connectivity index (χ1) is 12.0. The van der Waals surface area contributed by atoms with Crippen LogP contribution < -0.4 is 4.74 Å². The molecule has 1 N–H and O–H groups in total. The number of ether oxygens (including phenoxy) is 3. The minimum absolute atomic E-state index is 0.0138. The number of carbonyl (C=O) groups excluding carboxylic acids is 2. The SMILES string of the molecule is CCOC(=O)c1[nH]c(C)c(C(=O)OCCOc2ccccc2F)c1C. The van der Waals surface area contributed by atoms with E-state index in [1.54, 1.807) is 32.9 Å². The van der Waals surface area contributed by atoms with Crippen LogP contribution in [0.1, 0.15) is 39.0 Å². The average molecular weight is 349 g/mol. The fourth-order valence-corrected chi connectivity index (χ4v) is 2.38. The Bertz CT molecular complexity index is 769. The first-order valence-electron chi connectivity index (χ1n) is 7.86. The molecule has 0 aliphatic heterocycles. The molecule has 0 amide bonds. The molecule has 2 rings (SSSR count). The molecule has 0 aliphatic rings. The van der Waals surface area contributed by atoms with Crippen LogP contribution in [-0.4, -0.2) is 36.7 Å². The van der Waals surface area contributed by atoms with Crippen molar-refractivity contribution in [3.63, 3.8) is 0 Å². The molecule has 6 nitrogen and oxygen atoms in total. The van der Waals surface area contributed by atoms with Crippen molar-refractivity contribution in [1.82, 2.24) is 4.98 Å². The predicted octanol–water partition coefficient (Wildman–Crippen LogP) is 3.18. The van der Waals surface area contributed by atoms with Gasteiger partial charge in [-0.05, 0) is 38.5 Å². The van der Waals surface area contributed by atoms with Gasteiger partial charge in [-0.2, -0.15) is 0 Å². The molecule has 0 spiro atoms. The number of esters is 2. The van der Waals surface area contributed by atoms with Gasteiger partial charge >= 0.3 is 11.9 Å². The number of carbonyl (C=O) groups is 2. The zero-order valence-corrected chi connectivity index (χ0v) is 14.3. The highest BCUT2D eigenvalue weighted by Crippen LogP contribution is 2.20. The number of hydrogen-bond acceptors (Lipinski definition) is 5. The van der Waals surface area contributed by atoms with Crippen LogP contribution in [0, 0.1) is 19.7 Å². The molecule has 1 heterocycles. The van der Waals surface area contributed by atoms with Crippen LogP contribution in [0.15, 0.2) is 24.3 Å². The number of halogens is 1. The minimum Gasteiger partial charge on any atom is -0.487 e. The third kappa shape index (κ3) is 4.37. The van der Waals surface area contributed by atoms with Crippen LogP contribution >= 0.6 is 0 Å². The van der Waals surface area contributed by atoms with Gasteiger partial charge < -0.3 is 19.2 Å². The Morgan fingerprint density at radius 3 is 2.48 bits per heavy atom. The van der Waals surface area contributed by atoms with Gasteiger partial charge in [-0.3, -0.25) is 0 Å². The lowest BCUT2D eigenvalue weighted by Gasteiger charge is -2.08. The van der Waals surface area contributed by atoms with E-state index < -0.39 is 17.8 Å². The summed E-state index contributed by atoms with van der Waals surface area (Å²) < 4.78 is 28.7. The van der Waals surface area contributed by atoms with E-state index in [2.05, 4.69) is 4.98 Å². The molecular weight excluding hydrogens is 329 g/mol. The number of hydrogen-bond donors (Lipinski definition) is 1. The maximum atomic E-state index is 13.4. The molecule has 0 atom stereocenters. The van der Waals surface area contributed by atoms with E-state index in [1.807, 2.05) is 0 Å². The van der Waals surface area contributed by atoms with Crippen molar-refractivity contribution in [2.45, 2.75) is 20.8 Å². The molecule has 0 aliphatic carbocycles. The normalized spacial score (nSPS) is 10.4. The van der Waals surface area contributed by atoms with Crippen molar-refractivity contribution in [3.05, 3.63) is 52.6 Å². The molecule has 0 fully saturated rings. The molecule has 25 heavy (non-hydrogen) atoms. The van der Waals surface area contributed by atoms with Gasteiger partial charge in [0, 0.05) is 5.69 Å². The summed E-state index contributed by atoms with van der Waals surface area (Å²) in [6.45, 7) is 5.22. The highest BCUT2D eigenvalue weighted by molar-refractivity contribution is 5.98. The summed E-state index contributed by atoms with van der Waals surface area (Å²) in [5.41, 5.74) is 1.50. The number of aromatic nitrogens is 1. The molecule has 1 aromatic heterocycles. The van der Waals surface area contributed by atoms with Gasteiger partial charge in [0.1, 0.15) is 18.9 Å². The van der Waals surface area contributed by atoms with Crippen LogP contribution in [0.4, 0.5) is 4.39 Å². The third-order valence-corrected chi connectivity index (χ3v) is 3.53. The third-order valence-electron chi connectivity index (χ3n) is 3.53. The van der Waals surface area contributed by atoms with E-state index in [0.29, 0.717) is 11.3 Å². The first-order valence-corrected chi connectivity index (χ1v) is 7.86. The average Bonchev–Trinajstić information content (AvgIpc) is 2.88. The molecule has 0 saturated heterocycles. The number of H-pyrrole nitrogens is 1. The minimum atomic E-state index is -0.584. The van der Waals surface area contributed by atoms with E-state index in [1.165, 1.54) is 12.1 Å². The highest BCUT2D eigenvalue weighted by atomic mass is 19.1. The molecule has 2 aromatic rings. The Morgan fingerprint density at radius 2 is 1.80 bits per heavy atom. The molecule has 0 bridgehead atoms. The Labute approximate surface area is 144 Å². The van der Waals surface area contributed by atoms with Gasteiger partial charge in [0.2, 0.25) is 0 Å². The lowest BCUT2D eigenvalue weighted by atomic mass is 10.1. The quantitative estimate of drug-likeness (QED) is 0.614. The fourth-order valence-electron chi connectivity index (χ4n) is 2.38. The van der Waals surface area contributed by atoms with Gasteiger partial charge in [0.05, 0.1) is 12.2 Å². The maximum Gasteiger partial charge on any atom is 0.355 e. The lowest BCUT2D eigenvalue weighted by Crippen LogP contribution is -2.14. The molecule has 0 radical (unpaired) electrons. The van der Waals surface area contributed by atoms with E-state index in [0.717, 1.165) is 0 Å². The van der Waals surface area contributed by atoms with Gasteiger partial charge in [-0.15, -0.1) is 0 Å². The van der Waals surface area contributed by atoms with Crippen molar-refractivity contribution >= 4 is 11.9 Å².